The third kappa shape index (κ3) is 3.92. The number of nitrogens with zero attached hydrogens (tertiary/aromatic N) is 2. The Balaban J connectivity index is 1.62. The first kappa shape index (κ1) is 19.3. The third-order valence-electron chi connectivity index (χ3n) is 5.46. The van der Waals surface area contributed by atoms with Crippen LogP contribution in [0.4, 0.5) is 4.39 Å². The summed E-state index contributed by atoms with van der Waals surface area (Å²) < 4.78 is 40.5. The zero-order valence-corrected chi connectivity index (χ0v) is 15.8. The van der Waals surface area contributed by atoms with Crippen LogP contribution in [-0.2, 0) is 14.8 Å². The van der Waals surface area contributed by atoms with Gasteiger partial charge in [-0.05, 0) is 50.9 Å². The largest absolute Gasteiger partial charge is 0.342 e. The van der Waals surface area contributed by atoms with Crippen LogP contribution in [0.5, 0.6) is 0 Å². The number of benzene rings is 1. The summed E-state index contributed by atoms with van der Waals surface area (Å²) in [5.41, 5.74) is 0. The number of hydrogen-bond acceptors (Lipinski definition) is 4. The molecule has 2 fully saturated rings. The van der Waals surface area contributed by atoms with E-state index in [1.54, 1.807) is 0 Å². The highest BCUT2D eigenvalue weighted by molar-refractivity contribution is 7.89. The number of hydrogen-bond donors (Lipinski definition) is 1. The zero-order valence-electron chi connectivity index (χ0n) is 15.0. The van der Waals surface area contributed by atoms with E-state index >= 15 is 0 Å². The van der Waals surface area contributed by atoms with Crippen molar-refractivity contribution < 1.29 is 17.6 Å². The summed E-state index contributed by atoms with van der Waals surface area (Å²) >= 11 is 0. The van der Waals surface area contributed by atoms with Crippen LogP contribution in [0.15, 0.2) is 29.2 Å². The van der Waals surface area contributed by atoms with Crippen molar-refractivity contribution in [2.45, 2.75) is 36.6 Å². The van der Waals surface area contributed by atoms with Crippen LogP contribution in [-0.4, -0.2) is 62.8 Å². The van der Waals surface area contributed by atoms with Crippen LogP contribution in [0, 0.1) is 11.7 Å². The Morgan fingerprint density at radius 3 is 2.38 bits per heavy atom. The van der Waals surface area contributed by atoms with Crippen LogP contribution in [0.25, 0.3) is 0 Å². The van der Waals surface area contributed by atoms with Gasteiger partial charge in [-0.15, -0.1) is 0 Å². The molecule has 0 aromatic heterocycles. The van der Waals surface area contributed by atoms with Crippen molar-refractivity contribution >= 4 is 15.9 Å². The van der Waals surface area contributed by atoms with Crippen LogP contribution in [0.1, 0.15) is 25.7 Å². The Hall–Kier alpha value is -1.51. The number of rotatable bonds is 4. The SMILES string of the molecule is CN(C(=O)C1CCN(S(=O)(=O)c2ccccc2F)CC1)C1CCNCC1. The Labute approximate surface area is 154 Å². The molecule has 2 heterocycles. The van der Waals surface area contributed by atoms with E-state index in [1.807, 2.05) is 11.9 Å². The molecule has 3 rings (SSSR count). The average Bonchev–Trinajstić information content (AvgIpc) is 2.68. The molecule has 2 aliphatic rings. The number of amides is 1. The fraction of sp³-hybridized carbons (Fsp3) is 0.611. The summed E-state index contributed by atoms with van der Waals surface area (Å²) in [5, 5.41) is 3.29. The van der Waals surface area contributed by atoms with Gasteiger partial charge in [-0.3, -0.25) is 4.79 Å². The van der Waals surface area contributed by atoms with Gasteiger partial charge in [0.2, 0.25) is 15.9 Å². The summed E-state index contributed by atoms with van der Waals surface area (Å²) in [6.45, 7) is 2.32. The minimum absolute atomic E-state index is 0.0971. The molecule has 144 valence electrons. The zero-order chi connectivity index (χ0) is 18.7. The number of sulfonamides is 1. The van der Waals surface area contributed by atoms with Gasteiger partial charge in [0, 0.05) is 32.1 Å². The van der Waals surface area contributed by atoms with Gasteiger partial charge in [0.15, 0.2) is 0 Å². The Morgan fingerprint density at radius 1 is 1.15 bits per heavy atom. The Kier molecular flexibility index (Phi) is 5.94. The maximum absolute atomic E-state index is 13.9. The first-order valence-corrected chi connectivity index (χ1v) is 10.6. The molecule has 26 heavy (non-hydrogen) atoms. The second-order valence-electron chi connectivity index (χ2n) is 7.04. The van der Waals surface area contributed by atoms with Crippen molar-refractivity contribution in [2.24, 2.45) is 5.92 Å². The molecule has 6 nitrogen and oxygen atoms in total. The monoisotopic (exact) mass is 383 g/mol. The molecule has 8 heteroatoms. The van der Waals surface area contributed by atoms with E-state index in [0.29, 0.717) is 12.8 Å². The van der Waals surface area contributed by atoms with Crippen LogP contribution >= 0.6 is 0 Å². The number of carbonyl (C=O) groups excluding carboxylic acids is 1. The predicted octanol–water partition coefficient (Wildman–Crippen LogP) is 1.44. The molecule has 2 saturated heterocycles. The van der Waals surface area contributed by atoms with Gasteiger partial charge in [0.1, 0.15) is 10.7 Å². The predicted molar refractivity (Wildman–Crippen MR) is 96.5 cm³/mol. The summed E-state index contributed by atoms with van der Waals surface area (Å²) in [6.07, 6.45) is 2.84. The van der Waals surface area contributed by atoms with Crippen molar-refractivity contribution in [3.63, 3.8) is 0 Å². The molecule has 1 amide bonds. The highest BCUT2D eigenvalue weighted by atomic mass is 32.2. The number of piperidine rings is 2. The van der Waals surface area contributed by atoms with E-state index in [2.05, 4.69) is 5.32 Å². The molecule has 0 aliphatic carbocycles. The maximum Gasteiger partial charge on any atom is 0.245 e. The lowest BCUT2D eigenvalue weighted by molar-refractivity contribution is -0.138. The quantitative estimate of drug-likeness (QED) is 0.854. The molecule has 0 spiro atoms. The Morgan fingerprint density at radius 2 is 1.77 bits per heavy atom. The summed E-state index contributed by atoms with van der Waals surface area (Å²) in [4.78, 5) is 14.3. The minimum atomic E-state index is -3.86. The fourth-order valence-corrected chi connectivity index (χ4v) is 5.33. The van der Waals surface area contributed by atoms with E-state index in [-0.39, 0.29) is 35.9 Å². The molecule has 0 bridgehead atoms. The lowest BCUT2D eigenvalue weighted by atomic mass is 9.95. The maximum atomic E-state index is 13.9. The second kappa shape index (κ2) is 8.02. The lowest BCUT2D eigenvalue weighted by Gasteiger charge is -2.36. The number of nitrogens with one attached hydrogen (secondary N) is 1. The standard InChI is InChI=1S/C18H26FN3O3S/c1-21(15-6-10-20-11-7-15)18(23)14-8-12-22(13-9-14)26(24,25)17-5-3-2-4-16(17)19/h2-5,14-15,20H,6-13H2,1H3. The summed E-state index contributed by atoms with van der Waals surface area (Å²) in [7, 11) is -2.01. The fourth-order valence-electron chi connectivity index (χ4n) is 3.80. The van der Waals surface area contributed by atoms with E-state index in [0.717, 1.165) is 32.0 Å². The van der Waals surface area contributed by atoms with Gasteiger partial charge in [0.05, 0.1) is 0 Å². The molecular formula is C18H26FN3O3S. The van der Waals surface area contributed by atoms with Gasteiger partial charge in [-0.1, -0.05) is 12.1 Å². The second-order valence-corrected chi connectivity index (χ2v) is 8.95. The molecule has 1 aromatic carbocycles. The van der Waals surface area contributed by atoms with Gasteiger partial charge in [0.25, 0.3) is 0 Å². The smallest absolute Gasteiger partial charge is 0.245 e. The molecule has 1 aromatic rings. The first-order valence-electron chi connectivity index (χ1n) is 9.13. The molecule has 0 radical (unpaired) electrons. The van der Waals surface area contributed by atoms with E-state index < -0.39 is 15.8 Å². The molecule has 0 unspecified atom stereocenters. The summed E-state index contributed by atoms with van der Waals surface area (Å²) in [5.74, 6) is -0.807. The molecule has 0 saturated carbocycles. The van der Waals surface area contributed by atoms with E-state index in [1.165, 1.54) is 22.5 Å². The third-order valence-corrected chi connectivity index (χ3v) is 7.39. The van der Waals surface area contributed by atoms with Gasteiger partial charge < -0.3 is 10.2 Å². The van der Waals surface area contributed by atoms with Crippen LogP contribution in [0.2, 0.25) is 0 Å². The molecular weight excluding hydrogens is 357 g/mol. The van der Waals surface area contributed by atoms with Gasteiger partial charge >= 0.3 is 0 Å². The van der Waals surface area contributed by atoms with Gasteiger partial charge in [-0.2, -0.15) is 4.31 Å². The van der Waals surface area contributed by atoms with E-state index in [9.17, 15) is 17.6 Å². The van der Waals surface area contributed by atoms with Crippen molar-refractivity contribution in [3.05, 3.63) is 30.1 Å². The van der Waals surface area contributed by atoms with Crippen molar-refractivity contribution in [2.75, 3.05) is 33.2 Å². The van der Waals surface area contributed by atoms with Crippen LogP contribution < -0.4 is 5.32 Å². The minimum Gasteiger partial charge on any atom is -0.342 e. The van der Waals surface area contributed by atoms with Crippen molar-refractivity contribution in [3.8, 4) is 0 Å². The molecule has 2 aliphatic heterocycles. The van der Waals surface area contributed by atoms with Crippen molar-refractivity contribution in [1.29, 1.82) is 0 Å². The highest BCUT2D eigenvalue weighted by Gasteiger charge is 2.35. The summed E-state index contributed by atoms with van der Waals surface area (Å²) in [6, 6.07) is 5.67. The van der Waals surface area contributed by atoms with Crippen molar-refractivity contribution in [1.82, 2.24) is 14.5 Å². The molecule has 1 N–H and O–H groups in total. The molecule has 0 atom stereocenters. The van der Waals surface area contributed by atoms with Crippen LogP contribution in [0.3, 0.4) is 0 Å². The topological polar surface area (TPSA) is 69.7 Å². The normalized spacial score (nSPS) is 20.8. The number of halogens is 1. The first-order chi connectivity index (χ1) is 12.4. The Bertz CT molecular complexity index is 742. The van der Waals surface area contributed by atoms with E-state index in [4.69, 9.17) is 0 Å². The van der Waals surface area contributed by atoms with Gasteiger partial charge in [-0.25, -0.2) is 12.8 Å². The lowest BCUT2D eigenvalue weighted by Crippen LogP contribution is -2.48. The average molecular weight is 383 g/mol. The highest BCUT2D eigenvalue weighted by Crippen LogP contribution is 2.27. The number of carbonyl (C=O) groups is 1.